The highest BCUT2D eigenvalue weighted by Crippen LogP contribution is 2.33. The molecule has 1 aliphatic heterocycles. The molecule has 0 spiro atoms. The van der Waals surface area contributed by atoms with E-state index < -0.39 is 0 Å². The number of amides is 1. The number of rotatable bonds is 4. The van der Waals surface area contributed by atoms with E-state index in [1.54, 1.807) is 6.20 Å². The number of carbonyl (C=O) groups is 2. The minimum absolute atomic E-state index is 0.133. The van der Waals surface area contributed by atoms with Crippen LogP contribution < -0.4 is 10.2 Å². The zero-order chi connectivity index (χ0) is 25.7. The summed E-state index contributed by atoms with van der Waals surface area (Å²) < 4.78 is 0. The molecule has 1 saturated carbocycles. The molecule has 1 aromatic rings. The zero-order valence-electron chi connectivity index (χ0n) is 22.5. The number of aromatic nitrogens is 1. The van der Waals surface area contributed by atoms with E-state index in [1.165, 1.54) is 12.8 Å². The van der Waals surface area contributed by atoms with Crippen LogP contribution in [0.4, 0.5) is 5.69 Å². The largest absolute Gasteiger partial charge is 0.367 e. The van der Waals surface area contributed by atoms with Crippen molar-refractivity contribution in [3.8, 4) is 0 Å². The summed E-state index contributed by atoms with van der Waals surface area (Å²) in [5.74, 6) is -0.0152. The maximum Gasteiger partial charge on any atom is 0.253 e. The number of nitrogens with zero attached hydrogens (tertiary/aromatic N) is 3. The van der Waals surface area contributed by atoms with Crippen molar-refractivity contribution in [1.29, 1.82) is 0 Å². The van der Waals surface area contributed by atoms with E-state index in [9.17, 15) is 9.59 Å². The first-order chi connectivity index (χ1) is 17.4. The quantitative estimate of drug-likeness (QED) is 0.601. The lowest BCUT2D eigenvalue weighted by atomic mass is 9.88. The van der Waals surface area contributed by atoms with Crippen molar-refractivity contribution in [3.63, 3.8) is 0 Å². The zero-order valence-corrected chi connectivity index (χ0v) is 22.5. The number of nitrogens with one attached hydrogen (secondary N) is 1. The Hall–Kier alpha value is -2.73. The SMILES string of the molecule is CCN(c1cncc2c1C/C=C\CCCC1=C(CNC2=O)C(=O)CC(C)=C1)C1CCC(N(C)C)CC1. The molecule has 1 fully saturated rings. The van der Waals surface area contributed by atoms with Gasteiger partial charge in [-0.25, -0.2) is 0 Å². The molecule has 1 N–H and O–H groups in total. The number of allylic oxidation sites excluding steroid dienone is 5. The van der Waals surface area contributed by atoms with Gasteiger partial charge in [0, 0.05) is 43.4 Å². The number of anilines is 1. The Kier molecular flexibility index (Phi) is 8.78. The molecule has 3 aliphatic rings. The van der Waals surface area contributed by atoms with E-state index in [1.807, 2.05) is 13.1 Å². The molecule has 6 heteroatoms. The van der Waals surface area contributed by atoms with Crippen LogP contribution in [0.3, 0.4) is 0 Å². The van der Waals surface area contributed by atoms with E-state index in [2.05, 4.69) is 59.3 Å². The molecule has 2 aliphatic carbocycles. The van der Waals surface area contributed by atoms with Crippen LogP contribution in [-0.4, -0.2) is 60.8 Å². The van der Waals surface area contributed by atoms with E-state index >= 15 is 0 Å². The number of hydrogen-bond acceptors (Lipinski definition) is 5. The van der Waals surface area contributed by atoms with Crippen molar-refractivity contribution in [2.24, 2.45) is 0 Å². The standard InChI is InChI=1S/C30H42N4O2/c1-5-34(24-14-12-23(13-15-24)33(3)4)28-20-31-18-27-25(28)11-9-7-6-8-10-22-16-21(2)17-29(35)26(22)19-32-30(27)36/h7,9,16,18,20,23-24H,5-6,8,10-15,17,19H2,1-4H3,(H,32,36)/b9-7-. The molecule has 0 aromatic carbocycles. The Bertz CT molecular complexity index is 1060. The molecule has 0 radical (unpaired) electrons. The van der Waals surface area contributed by atoms with Gasteiger partial charge in [0.15, 0.2) is 5.78 Å². The second-order valence-corrected chi connectivity index (χ2v) is 10.7. The predicted octanol–water partition coefficient (Wildman–Crippen LogP) is 5.01. The molecule has 0 saturated heterocycles. The van der Waals surface area contributed by atoms with Gasteiger partial charge in [-0.15, -0.1) is 0 Å². The Labute approximate surface area is 216 Å². The lowest BCUT2D eigenvalue weighted by molar-refractivity contribution is -0.115. The number of Topliss-reactive ketones (excluding diaryl/α,β-unsaturated/α-hetero) is 1. The molecule has 36 heavy (non-hydrogen) atoms. The summed E-state index contributed by atoms with van der Waals surface area (Å²) in [6, 6.07) is 1.10. The summed E-state index contributed by atoms with van der Waals surface area (Å²) in [4.78, 5) is 35.6. The van der Waals surface area contributed by atoms with E-state index in [-0.39, 0.29) is 18.2 Å². The highest BCUT2D eigenvalue weighted by Gasteiger charge is 2.29. The van der Waals surface area contributed by atoms with Crippen LogP contribution in [0.5, 0.6) is 0 Å². The number of hydrogen-bond donors (Lipinski definition) is 1. The van der Waals surface area contributed by atoms with Gasteiger partial charge in [-0.3, -0.25) is 14.6 Å². The van der Waals surface area contributed by atoms with E-state index in [4.69, 9.17) is 0 Å². The smallest absolute Gasteiger partial charge is 0.253 e. The monoisotopic (exact) mass is 490 g/mol. The van der Waals surface area contributed by atoms with Crippen molar-refractivity contribution >= 4 is 17.4 Å². The molecular formula is C30H42N4O2. The van der Waals surface area contributed by atoms with Gasteiger partial charge >= 0.3 is 0 Å². The van der Waals surface area contributed by atoms with E-state index in [0.717, 1.165) is 66.6 Å². The Balaban J connectivity index is 1.63. The van der Waals surface area contributed by atoms with Crippen LogP contribution in [0.1, 0.15) is 81.1 Å². The van der Waals surface area contributed by atoms with Crippen LogP contribution >= 0.6 is 0 Å². The molecule has 2 heterocycles. The number of fused-ring (bicyclic) bond motifs is 1. The lowest BCUT2D eigenvalue weighted by Gasteiger charge is -2.40. The van der Waals surface area contributed by atoms with Crippen molar-refractivity contribution in [1.82, 2.24) is 15.2 Å². The van der Waals surface area contributed by atoms with Crippen molar-refractivity contribution in [2.45, 2.75) is 83.7 Å². The van der Waals surface area contributed by atoms with Crippen molar-refractivity contribution < 1.29 is 9.59 Å². The van der Waals surface area contributed by atoms with Gasteiger partial charge in [0.1, 0.15) is 0 Å². The van der Waals surface area contributed by atoms with Crippen LogP contribution in [0.2, 0.25) is 0 Å². The molecule has 1 amide bonds. The molecule has 0 unspecified atom stereocenters. The molecule has 1 aromatic heterocycles. The van der Waals surface area contributed by atoms with Gasteiger partial charge < -0.3 is 15.1 Å². The van der Waals surface area contributed by atoms with Gasteiger partial charge in [0.2, 0.25) is 0 Å². The first-order valence-corrected chi connectivity index (χ1v) is 13.6. The average molecular weight is 491 g/mol. The van der Waals surface area contributed by atoms with Gasteiger partial charge in [0.05, 0.1) is 17.4 Å². The fourth-order valence-corrected chi connectivity index (χ4v) is 6.05. The third-order valence-electron chi connectivity index (χ3n) is 8.08. The summed E-state index contributed by atoms with van der Waals surface area (Å²) in [5, 5.41) is 3.07. The fourth-order valence-electron chi connectivity index (χ4n) is 6.05. The predicted molar refractivity (Wildman–Crippen MR) is 146 cm³/mol. The first kappa shape index (κ1) is 26.3. The first-order valence-electron chi connectivity index (χ1n) is 13.6. The van der Waals surface area contributed by atoms with Gasteiger partial charge in [-0.2, -0.15) is 0 Å². The Morgan fingerprint density at radius 3 is 2.53 bits per heavy atom. The summed E-state index contributed by atoms with van der Waals surface area (Å²) in [5.41, 5.74) is 5.67. The van der Waals surface area contributed by atoms with Crippen LogP contribution in [0.25, 0.3) is 0 Å². The molecule has 0 bridgehead atoms. The summed E-state index contributed by atoms with van der Waals surface area (Å²) >= 11 is 0. The third kappa shape index (κ3) is 5.97. The normalized spacial score (nSPS) is 24.5. The Morgan fingerprint density at radius 1 is 1.06 bits per heavy atom. The van der Waals surface area contributed by atoms with Gasteiger partial charge in [-0.1, -0.05) is 23.8 Å². The molecule has 0 atom stereocenters. The molecular weight excluding hydrogens is 448 g/mol. The molecule has 6 nitrogen and oxygen atoms in total. The fraction of sp³-hybridized carbons (Fsp3) is 0.567. The number of pyridine rings is 1. The highest BCUT2D eigenvalue weighted by molar-refractivity contribution is 6.02. The van der Waals surface area contributed by atoms with Crippen LogP contribution in [-0.2, 0) is 11.2 Å². The van der Waals surface area contributed by atoms with E-state index in [0.29, 0.717) is 30.5 Å². The van der Waals surface area contributed by atoms with Gasteiger partial charge in [0.25, 0.3) is 5.91 Å². The molecule has 194 valence electrons. The lowest BCUT2D eigenvalue weighted by Crippen LogP contribution is -2.42. The topological polar surface area (TPSA) is 65.5 Å². The van der Waals surface area contributed by atoms with Gasteiger partial charge in [-0.05, 0) is 90.4 Å². The second-order valence-electron chi connectivity index (χ2n) is 10.7. The highest BCUT2D eigenvalue weighted by atomic mass is 16.2. The summed E-state index contributed by atoms with van der Waals surface area (Å²) in [7, 11) is 4.35. The Morgan fingerprint density at radius 2 is 1.81 bits per heavy atom. The maximum atomic E-state index is 13.5. The number of carbonyl (C=O) groups excluding carboxylic acids is 2. The van der Waals surface area contributed by atoms with Crippen molar-refractivity contribution in [2.75, 3.05) is 32.1 Å². The maximum absolute atomic E-state index is 13.5. The number of ketones is 1. The summed E-state index contributed by atoms with van der Waals surface area (Å²) in [6.07, 6.45) is 18.8. The third-order valence-corrected chi connectivity index (χ3v) is 8.08. The minimum atomic E-state index is -0.148. The van der Waals surface area contributed by atoms with Crippen LogP contribution in [0.15, 0.2) is 47.3 Å². The molecule has 4 rings (SSSR count). The minimum Gasteiger partial charge on any atom is -0.367 e. The summed E-state index contributed by atoms with van der Waals surface area (Å²) in [6.45, 7) is 5.37. The average Bonchev–Trinajstić information content (AvgIpc) is 2.87. The second kappa shape index (κ2) is 12.0. The van der Waals surface area contributed by atoms with Crippen molar-refractivity contribution in [3.05, 3.63) is 58.5 Å². The van der Waals surface area contributed by atoms with Crippen LogP contribution in [0, 0.1) is 0 Å².